The van der Waals surface area contributed by atoms with Crippen LogP contribution in [0.4, 0.5) is 0 Å². The summed E-state index contributed by atoms with van der Waals surface area (Å²) >= 11 is 6.24. The molecule has 0 saturated carbocycles. The van der Waals surface area contributed by atoms with Gasteiger partial charge in [-0.1, -0.05) is 93.7 Å². The molecule has 20 heavy (non-hydrogen) atoms. The maximum Gasteiger partial charge on any atom is 0.0353 e. The number of halogens is 1. The molecule has 0 radical (unpaired) electrons. The summed E-state index contributed by atoms with van der Waals surface area (Å²) in [7, 11) is 4.03. The van der Waals surface area contributed by atoms with Gasteiger partial charge in [-0.25, -0.2) is 0 Å². The van der Waals surface area contributed by atoms with Gasteiger partial charge in [-0.3, -0.25) is 0 Å². The molecule has 0 aliphatic carbocycles. The van der Waals surface area contributed by atoms with Crippen molar-refractivity contribution in [3.8, 4) is 0 Å². The summed E-state index contributed by atoms with van der Waals surface area (Å²) in [5.74, 6) is 2.85. The Hall–Kier alpha value is 0.990. The number of hydrogen-bond acceptors (Lipinski definition) is 2. The Morgan fingerprint density at radius 2 is 1.35 bits per heavy atom. The molecular weight excluding hydrogens is 304 g/mol. The summed E-state index contributed by atoms with van der Waals surface area (Å²) in [5.41, 5.74) is 0. The molecule has 0 aromatic heterocycles. The highest BCUT2D eigenvalue weighted by Crippen LogP contribution is 2.36. The van der Waals surface area contributed by atoms with Crippen molar-refractivity contribution in [1.29, 1.82) is 0 Å². The summed E-state index contributed by atoms with van der Waals surface area (Å²) in [6.45, 7) is 6.82. The van der Waals surface area contributed by atoms with Gasteiger partial charge in [0, 0.05) is 16.9 Å². The Balaban J connectivity index is 4.11. The lowest BCUT2D eigenvalue weighted by Crippen LogP contribution is -2.19. The van der Waals surface area contributed by atoms with Crippen LogP contribution in [-0.2, 0) is 0 Å². The van der Waals surface area contributed by atoms with Crippen molar-refractivity contribution in [2.24, 2.45) is 5.92 Å². The molecule has 0 rings (SSSR count). The lowest BCUT2D eigenvalue weighted by Gasteiger charge is -2.25. The molecule has 0 aromatic carbocycles. The van der Waals surface area contributed by atoms with E-state index >= 15 is 0 Å². The second kappa shape index (κ2) is 16.4. The minimum atomic E-state index is 0.657. The molecule has 122 valence electrons. The topological polar surface area (TPSA) is 0 Å². The maximum atomic E-state index is 6.24. The predicted octanol–water partition coefficient (Wildman–Crippen LogP) is 7.55. The smallest absolute Gasteiger partial charge is 0.0353 e. The summed E-state index contributed by atoms with van der Waals surface area (Å²) < 4.78 is 0. The van der Waals surface area contributed by atoms with E-state index in [9.17, 15) is 0 Å². The fraction of sp³-hybridized carbons (Fsp3) is 1.00. The van der Waals surface area contributed by atoms with E-state index in [1.807, 2.05) is 21.6 Å². The van der Waals surface area contributed by atoms with Crippen LogP contribution in [0.1, 0.15) is 85.0 Å². The first-order valence-electron chi connectivity index (χ1n) is 8.64. The van der Waals surface area contributed by atoms with Crippen LogP contribution in [0.25, 0.3) is 0 Å². The van der Waals surface area contributed by atoms with E-state index in [2.05, 4.69) is 20.8 Å². The first-order chi connectivity index (χ1) is 9.79. The van der Waals surface area contributed by atoms with Gasteiger partial charge in [-0.05, 0) is 18.8 Å². The normalized spacial score (nSPS) is 13.1. The van der Waals surface area contributed by atoms with Crippen molar-refractivity contribution < 1.29 is 0 Å². The van der Waals surface area contributed by atoms with Gasteiger partial charge in [-0.2, -0.15) is 0 Å². The third-order valence-corrected chi connectivity index (χ3v) is 7.39. The van der Waals surface area contributed by atoms with Crippen LogP contribution in [0.3, 0.4) is 0 Å². The van der Waals surface area contributed by atoms with E-state index in [1.54, 1.807) is 0 Å². The lowest BCUT2D eigenvalue weighted by atomic mass is 9.92. The van der Waals surface area contributed by atoms with E-state index in [4.69, 9.17) is 11.6 Å². The molecule has 1 atom stereocenters. The molecule has 0 heterocycles. The highest BCUT2D eigenvalue weighted by Gasteiger charge is 2.20. The largest absolute Gasteiger partial charge is 0.125 e. The van der Waals surface area contributed by atoms with Crippen LogP contribution in [0.2, 0.25) is 0 Å². The monoisotopic (exact) mass is 338 g/mol. The molecule has 0 spiro atoms. The van der Waals surface area contributed by atoms with Gasteiger partial charge in [0.05, 0.1) is 0 Å². The Labute approximate surface area is 141 Å². The highest BCUT2D eigenvalue weighted by atomic mass is 35.5. The second-order valence-corrected chi connectivity index (χ2v) is 8.86. The molecule has 0 aliphatic heterocycles. The third-order valence-electron chi connectivity index (χ3n) is 3.84. The fourth-order valence-electron chi connectivity index (χ4n) is 2.57. The number of hydrogen-bond donors (Lipinski definition) is 0. The molecule has 3 heteroatoms. The Kier molecular flexibility index (Phi) is 17.2. The zero-order chi connectivity index (χ0) is 15.1. The SMILES string of the molecule is CCCCCCC(CCCCCC)[C@@H](CCl)SSCC. The quantitative estimate of drug-likeness (QED) is 0.172. The van der Waals surface area contributed by atoms with Crippen LogP contribution in [-0.4, -0.2) is 16.9 Å². The standard InChI is InChI=1S/C17H35ClS2/c1-4-7-9-11-13-16(14-12-10-8-5-2)17(15-18)20-19-6-3/h16-17H,4-15H2,1-3H3/t17-/m1/s1. The van der Waals surface area contributed by atoms with E-state index in [-0.39, 0.29) is 0 Å². The zero-order valence-electron chi connectivity index (χ0n) is 13.8. The Morgan fingerprint density at radius 1 is 0.800 bits per heavy atom. The van der Waals surface area contributed by atoms with Crippen LogP contribution >= 0.6 is 33.2 Å². The van der Waals surface area contributed by atoms with Gasteiger partial charge >= 0.3 is 0 Å². The van der Waals surface area contributed by atoms with Gasteiger partial charge in [0.2, 0.25) is 0 Å². The summed E-state index contributed by atoms with van der Waals surface area (Å²) in [5, 5.41) is 0.657. The number of rotatable bonds is 15. The van der Waals surface area contributed by atoms with E-state index in [0.29, 0.717) is 5.25 Å². The van der Waals surface area contributed by atoms with Crippen molar-refractivity contribution >= 4 is 33.2 Å². The molecule has 0 amide bonds. The minimum absolute atomic E-state index is 0.657. The average molecular weight is 339 g/mol. The van der Waals surface area contributed by atoms with Gasteiger partial charge in [0.15, 0.2) is 0 Å². The Morgan fingerprint density at radius 3 is 1.75 bits per heavy atom. The van der Waals surface area contributed by atoms with Gasteiger partial charge in [0.1, 0.15) is 0 Å². The molecule has 0 fully saturated rings. The van der Waals surface area contributed by atoms with Gasteiger partial charge < -0.3 is 0 Å². The van der Waals surface area contributed by atoms with Crippen molar-refractivity contribution in [3.05, 3.63) is 0 Å². The molecule has 0 N–H and O–H groups in total. The fourth-order valence-corrected chi connectivity index (χ4v) is 5.63. The summed E-state index contributed by atoms with van der Waals surface area (Å²) in [6.07, 6.45) is 13.8. The van der Waals surface area contributed by atoms with Crippen molar-refractivity contribution in [1.82, 2.24) is 0 Å². The maximum absolute atomic E-state index is 6.24. The predicted molar refractivity (Wildman–Crippen MR) is 101 cm³/mol. The third kappa shape index (κ3) is 11.6. The average Bonchev–Trinajstić information content (AvgIpc) is 2.47. The molecule has 0 saturated heterocycles. The molecule has 0 unspecified atom stereocenters. The first kappa shape index (κ1) is 21.0. The Bertz CT molecular complexity index is 176. The second-order valence-electron chi connectivity index (χ2n) is 5.65. The molecule has 0 aliphatic rings. The minimum Gasteiger partial charge on any atom is -0.125 e. The number of alkyl halides is 1. The summed E-state index contributed by atoms with van der Waals surface area (Å²) in [4.78, 5) is 0. The molecule has 0 nitrogen and oxygen atoms in total. The molecular formula is C17H35ClS2. The van der Waals surface area contributed by atoms with Crippen LogP contribution < -0.4 is 0 Å². The van der Waals surface area contributed by atoms with Crippen molar-refractivity contribution in [3.63, 3.8) is 0 Å². The van der Waals surface area contributed by atoms with Crippen molar-refractivity contribution in [2.75, 3.05) is 11.6 Å². The van der Waals surface area contributed by atoms with E-state index in [0.717, 1.165) is 11.8 Å². The lowest BCUT2D eigenvalue weighted by molar-refractivity contribution is 0.406. The van der Waals surface area contributed by atoms with Gasteiger partial charge in [0.25, 0.3) is 0 Å². The summed E-state index contributed by atoms with van der Waals surface area (Å²) in [6, 6.07) is 0. The first-order valence-corrected chi connectivity index (χ1v) is 11.6. The molecule has 0 bridgehead atoms. The zero-order valence-corrected chi connectivity index (χ0v) is 16.2. The van der Waals surface area contributed by atoms with Crippen molar-refractivity contribution in [2.45, 2.75) is 90.2 Å². The highest BCUT2D eigenvalue weighted by molar-refractivity contribution is 8.76. The van der Waals surface area contributed by atoms with Crippen LogP contribution in [0.15, 0.2) is 0 Å². The van der Waals surface area contributed by atoms with Crippen LogP contribution in [0.5, 0.6) is 0 Å². The van der Waals surface area contributed by atoms with Gasteiger partial charge in [-0.15, -0.1) is 11.6 Å². The van der Waals surface area contributed by atoms with Crippen LogP contribution in [0, 0.1) is 5.92 Å². The number of unbranched alkanes of at least 4 members (excludes halogenated alkanes) is 6. The molecule has 0 aromatic rings. The van der Waals surface area contributed by atoms with E-state index < -0.39 is 0 Å². The van der Waals surface area contributed by atoms with E-state index in [1.165, 1.54) is 70.0 Å².